The fraction of sp³-hybridized carbons (Fsp3) is 0.455. The lowest BCUT2D eigenvalue weighted by Gasteiger charge is -2.27. The van der Waals surface area contributed by atoms with E-state index in [4.69, 9.17) is 0 Å². The van der Waals surface area contributed by atoms with E-state index in [-0.39, 0.29) is 5.69 Å². The highest BCUT2D eigenvalue weighted by Gasteiger charge is 2.14. The van der Waals surface area contributed by atoms with Crippen molar-refractivity contribution in [3.8, 4) is 0 Å². The van der Waals surface area contributed by atoms with E-state index in [0.717, 1.165) is 18.8 Å². The van der Waals surface area contributed by atoms with Crippen LogP contribution in [0.3, 0.4) is 0 Å². The Morgan fingerprint density at radius 2 is 2.00 bits per heavy atom. The summed E-state index contributed by atoms with van der Waals surface area (Å²) in [4.78, 5) is 10.3. The molecule has 1 saturated heterocycles. The number of piperidine rings is 1. The Hall–Kier alpha value is -1.14. The second kappa shape index (κ2) is 5.46. The molecule has 0 saturated carbocycles. The molecule has 1 aromatic carbocycles. The number of nitrogens with zero attached hydrogens (tertiary/aromatic N) is 2. The third-order valence-corrected chi connectivity index (χ3v) is 3.42. The largest absolute Gasteiger partial charge is 0.319 e. The Labute approximate surface area is 108 Å². The Kier molecular flexibility index (Phi) is 3.96. The highest BCUT2D eigenvalue weighted by molar-refractivity contribution is 9.10. The van der Waals surface area contributed by atoms with Crippen LogP contribution < -0.4 is 5.43 Å². The second-order valence-corrected chi connectivity index (χ2v) is 4.94. The molecule has 17 heavy (non-hydrogen) atoms. The molecule has 1 aliphatic heterocycles. The van der Waals surface area contributed by atoms with Gasteiger partial charge in [-0.25, -0.2) is 5.01 Å². The maximum absolute atomic E-state index is 10.7. The number of hydrazine groups is 1. The van der Waals surface area contributed by atoms with Gasteiger partial charge in [0.2, 0.25) is 0 Å². The molecule has 0 aliphatic carbocycles. The first-order chi connectivity index (χ1) is 8.16. The van der Waals surface area contributed by atoms with E-state index >= 15 is 0 Å². The number of nitro benzene ring substituents is 1. The van der Waals surface area contributed by atoms with Crippen LogP contribution in [0.2, 0.25) is 0 Å². The van der Waals surface area contributed by atoms with E-state index in [1.807, 2.05) is 0 Å². The van der Waals surface area contributed by atoms with E-state index in [1.165, 1.54) is 25.3 Å². The predicted octanol–water partition coefficient (Wildman–Crippen LogP) is 3.17. The van der Waals surface area contributed by atoms with Crippen molar-refractivity contribution in [1.29, 1.82) is 0 Å². The summed E-state index contributed by atoms with van der Waals surface area (Å²) in [6.45, 7) is 2.04. The fourth-order valence-electron chi connectivity index (χ4n) is 1.91. The van der Waals surface area contributed by atoms with E-state index in [0.29, 0.717) is 4.47 Å². The number of nitrogens with one attached hydrogen (secondary N) is 1. The monoisotopic (exact) mass is 299 g/mol. The molecule has 0 unspecified atom stereocenters. The third-order valence-electron chi connectivity index (χ3n) is 2.79. The van der Waals surface area contributed by atoms with E-state index in [1.54, 1.807) is 12.1 Å². The summed E-state index contributed by atoms with van der Waals surface area (Å²) in [6.07, 6.45) is 3.67. The van der Waals surface area contributed by atoms with Crippen molar-refractivity contribution in [2.75, 3.05) is 18.5 Å². The van der Waals surface area contributed by atoms with Crippen LogP contribution in [0, 0.1) is 10.1 Å². The van der Waals surface area contributed by atoms with Crippen molar-refractivity contribution in [1.82, 2.24) is 5.01 Å². The zero-order valence-electron chi connectivity index (χ0n) is 9.36. The summed E-state index contributed by atoms with van der Waals surface area (Å²) in [7, 11) is 0. The molecule has 1 heterocycles. The van der Waals surface area contributed by atoms with Gasteiger partial charge in [-0.3, -0.25) is 10.1 Å². The molecule has 0 amide bonds. The highest BCUT2D eigenvalue weighted by Crippen LogP contribution is 2.28. The summed E-state index contributed by atoms with van der Waals surface area (Å²) in [6, 6.07) is 4.99. The first-order valence-corrected chi connectivity index (χ1v) is 6.41. The van der Waals surface area contributed by atoms with Crippen molar-refractivity contribution >= 4 is 27.3 Å². The number of hydrogen-bond acceptors (Lipinski definition) is 4. The Balaban J connectivity index is 2.06. The van der Waals surface area contributed by atoms with Crippen LogP contribution in [-0.2, 0) is 0 Å². The van der Waals surface area contributed by atoms with Gasteiger partial charge in [0.05, 0.1) is 15.1 Å². The summed E-state index contributed by atoms with van der Waals surface area (Å²) < 4.78 is 0.504. The van der Waals surface area contributed by atoms with Crippen LogP contribution in [0.15, 0.2) is 22.7 Å². The van der Waals surface area contributed by atoms with Gasteiger partial charge in [-0.15, -0.1) is 0 Å². The Morgan fingerprint density at radius 1 is 1.29 bits per heavy atom. The highest BCUT2D eigenvalue weighted by atomic mass is 79.9. The van der Waals surface area contributed by atoms with Gasteiger partial charge in [0, 0.05) is 19.2 Å². The molecule has 2 rings (SSSR count). The van der Waals surface area contributed by atoms with Gasteiger partial charge in [-0.05, 0) is 40.9 Å². The number of rotatable bonds is 3. The van der Waals surface area contributed by atoms with Gasteiger partial charge in [0.1, 0.15) is 0 Å². The molecule has 5 nitrogen and oxygen atoms in total. The summed E-state index contributed by atoms with van der Waals surface area (Å²) in [5.41, 5.74) is 4.24. The lowest BCUT2D eigenvalue weighted by Crippen LogP contribution is -2.34. The average Bonchev–Trinajstić information content (AvgIpc) is 2.30. The molecule has 0 spiro atoms. The second-order valence-electron chi connectivity index (χ2n) is 4.08. The van der Waals surface area contributed by atoms with Crippen LogP contribution in [0.4, 0.5) is 11.4 Å². The minimum absolute atomic E-state index is 0.0918. The van der Waals surface area contributed by atoms with Crippen LogP contribution in [0.1, 0.15) is 19.3 Å². The first kappa shape index (κ1) is 12.3. The molecule has 1 fully saturated rings. The smallest absolute Gasteiger partial charge is 0.283 e. The Bertz CT molecular complexity index is 419. The van der Waals surface area contributed by atoms with Crippen LogP contribution in [-0.4, -0.2) is 23.0 Å². The fourth-order valence-corrected chi connectivity index (χ4v) is 2.44. The summed E-state index contributed by atoms with van der Waals surface area (Å²) in [5, 5.41) is 12.8. The molecule has 1 aliphatic rings. The van der Waals surface area contributed by atoms with E-state index in [9.17, 15) is 10.1 Å². The zero-order valence-corrected chi connectivity index (χ0v) is 10.9. The van der Waals surface area contributed by atoms with Crippen molar-refractivity contribution in [2.45, 2.75) is 19.3 Å². The summed E-state index contributed by atoms with van der Waals surface area (Å²) >= 11 is 3.21. The average molecular weight is 300 g/mol. The number of benzene rings is 1. The molecule has 0 atom stereocenters. The van der Waals surface area contributed by atoms with Gasteiger partial charge >= 0.3 is 0 Å². The number of hydrogen-bond donors (Lipinski definition) is 1. The van der Waals surface area contributed by atoms with Crippen LogP contribution in [0.5, 0.6) is 0 Å². The normalized spacial score (nSPS) is 16.8. The van der Waals surface area contributed by atoms with Crippen LogP contribution in [0.25, 0.3) is 0 Å². The van der Waals surface area contributed by atoms with Gasteiger partial charge in [0.15, 0.2) is 0 Å². The maximum Gasteiger partial charge on any atom is 0.283 e. The molecule has 1 N–H and O–H groups in total. The number of anilines is 1. The predicted molar refractivity (Wildman–Crippen MR) is 69.8 cm³/mol. The topological polar surface area (TPSA) is 58.4 Å². The molecule has 0 bridgehead atoms. The van der Waals surface area contributed by atoms with E-state index < -0.39 is 4.92 Å². The molecule has 0 aromatic heterocycles. The minimum atomic E-state index is -0.394. The molecule has 6 heteroatoms. The first-order valence-electron chi connectivity index (χ1n) is 5.62. The van der Waals surface area contributed by atoms with Crippen molar-refractivity contribution in [3.63, 3.8) is 0 Å². The van der Waals surface area contributed by atoms with Crippen molar-refractivity contribution < 1.29 is 4.92 Å². The standard InChI is InChI=1S/C11H14BrN3O2/c12-10-8-9(4-5-11(10)15(16)17)13-14-6-2-1-3-7-14/h4-5,8,13H,1-3,6-7H2. The van der Waals surface area contributed by atoms with Gasteiger partial charge in [-0.1, -0.05) is 6.42 Å². The summed E-state index contributed by atoms with van der Waals surface area (Å²) in [5.74, 6) is 0. The van der Waals surface area contributed by atoms with Gasteiger partial charge in [0.25, 0.3) is 5.69 Å². The minimum Gasteiger partial charge on any atom is -0.319 e. The quantitative estimate of drug-likeness (QED) is 0.688. The number of nitro groups is 1. The Morgan fingerprint density at radius 3 is 2.59 bits per heavy atom. The van der Waals surface area contributed by atoms with Crippen molar-refractivity contribution in [3.05, 3.63) is 32.8 Å². The lowest BCUT2D eigenvalue weighted by atomic mass is 10.2. The van der Waals surface area contributed by atoms with Gasteiger partial charge < -0.3 is 5.43 Å². The third kappa shape index (κ3) is 3.17. The molecule has 92 valence electrons. The lowest BCUT2D eigenvalue weighted by molar-refractivity contribution is -0.385. The van der Waals surface area contributed by atoms with Crippen molar-refractivity contribution in [2.24, 2.45) is 0 Å². The SMILES string of the molecule is O=[N+]([O-])c1ccc(NN2CCCCC2)cc1Br. The molecule has 1 aromatic rings. The van der Waals surface area contributed by atoms with Crippen LogP contribution >= 0.6 is 15.9 Å². The zero-order chi connectivity index (χ0) is 12.3. The molecular formula is C11H14BrN3O2. The molecular weight excluding hydrogens is 286 g/mol. The van der Waals surface area contributed by atoms with Gasteiger partial charge in [-0.2, -0.15) is 0 Å². The molecule has 0 radical (unpaired) electrons. The maximum atomic E-state index is 10.7. The number of halogens is 1. The van der Waals surface area contributed by atoms with E-state index in [2.05, 4.69) is 26.4 Å².